The largest absolute Gasteiger partial charge is 0.497 e. The molecule has 1 radical (unpaired) electrons. The zero-order valence-corrected chi connectivity index (χ0v) is 7.58. The van der Waals surface area contributed by atoms with E-state index in [0.29, 0.717) is 0 Å². The van der Waals surface area contributed by atoms with Gasteiger partial charge in [0.15, 0.2) is 0 Å². The zero-order valence-electron chi connectivity index (χ0n) is 7.58. The van der Waals surface area contributed by atoms with Crippen LogP contribution in [-0.2, 0) is 0 Å². The fraction of sp³-hybridized carbons (Fsp3) is 0.400. The van der Waals surface area contributed by atoms with Gasteiger partial charge >= 0.3 is 0 Å². The number of hydrogen-bond donors (Lipinski definition) is 0. The topological polar surface area (TPSA) is 23.3 Å². The molecule has 0 bridgehead atoms. The Bertz CT molecular complexity index is 235. The minimum Gasteiger partial charge on any atom is -0.497 e. The summed E-state index contributed by atoms with van der Waals surface area (Å²) in [6.45, 7) is 3.00. The molecule has 0 aliphatic carbocycles. The molecule has 0 saturated heterocycles. The molecule has 0 aliphatic rings. The average Bonchev–Trinajstić information content (AvgIpc) is 2.15. The summed E-state index contributed by atoms with van der Waals surface area (Å²) in [7, 11) is 1.67. The number of rotatable bonds is 4. The summed E-state index contributed by atoms with van der Waals surface area (Å²) >= 11 is 0. The van der Waals surface area contributed by atoms with Crippen molar-refractivity contribution in [3.8, 4) is 5.75 Å². The van der Waals surface area contributed by atoms with Gasteiger partial charge in [0.2, 0.25) is 0 Å². The predicted octanol–water partition coefficient (Wildman–Crippen LogP) is 2.34. The molecule has 0 heterocycles. The monoisotopic (exact) mass is 164 g/mol. The second-order valence-corrected chi connectivity index (χ2v) is 2.58. The van der Waals surface area contributed by atoms with E-state index in [1.807, 2.05) is 24.3 Å². The SMILES string of the molecule is CCC[N]c1cccc(OC)c1. The van der Waals surface area contributed by atoms with Gasteiger partial charge in [-0.2, -0.15) is 0 Å². The van der Waals surface area contributed by atoms with Crippen LogP contribution in [0, 0.1) is 0 Å². The summed E-state index contributed by atoms with van der Waals surface area (Å²) in [4.78, 5) is 0. The van der Waals surface area contributed by atoms with E-state index in [1.54, 1.807) is 7.11 Å². The van der Waals surface area contributed by atoms with Gasteiger partial charge in [0, 0.05) is 12.6 Å². The molecule has 0 saturated carbocycles. The van der Waals surface area contributed by atoms with Crippen LogP contribution in [0.15, 0.2) is 24.3 Å². The molecule has 0 atom stereocenters. The Kier molecular flexibility index (Phi) is 3.45. The number of benzene rings is 1. The van der Waals surface area contributed by atoms with Crippen molar-refractivity contribution in [2.24, 2.45) is 0 Å². The molecule has 1 aromatic carbocycles. The lowest BCUT2D eigenvalue weighted by Crippen LogP contribution is -1.97. The van der Waals surface area contributed by atoms with Gasteiger partial charge in [-0.15, -0.1) is 0 Å². The zero-order chi connectivity index (χ0) is 8.81. The van der Waals surface area contributed by atoms with E-state index in [1.165, 1.54) is 0 Å². The maximum atomic E-state index is 5.07. The Morgan fingerprint density at radius 2 is 2.25 bits per heavy atom. The van der Waals surface area contributed by atoms with Gasteiger partial charge < -0.3 is 4.74 Å². The van der Waals surface area contributed by atoms with Crippen LogP contribution >= 0.6 is 0 Å². The highest BCUT2D eigenvalue weighted by atomic mass is 16.5. The highest BCUT2D eigenvalue weighted by Crippen LogP contribution is 2.16. The first kappa shape index (κ1) is 8.91. The van der Waals surface area contributed by atoms with Crippen molar-refractivity contribution in [3.05, 3.63) is 24.3 Å². The van der Waals surface area contributed by atoms with Crippen molar-refractivity contribution < 1.29 is 4.74 Å². The summed E-state index contributed by atoms with van der Waals surface area (Å²) < 4.78 is 5.07. The highest BCUT2D eigenvalue weighted by Gasteiger charge is 1.94. The first-order valence-corrected chi connectivity index (χ1v) is 4.18. The number of methoxy groups -OCH3 is 1. The van der Waals surface area contributed by atoms with Gasteiger partial charge in [-0.25, -0.2) is 0 Å². The third-order valence-electron chi connectivity index (χ3n) is 1.57. The van der Waals surface area contributed by atoms with E-state index in [9.17, 15) is 0 Å². The lowest BCUT2D eigenvalue weighted by atomic mass is 10.3. The Morgan fingerprint density at radius 3 is 2.92 bits per heavy atom. The maximum absolute atomic E-state index is 5.07. The molecule has 0 fully saturated rings. The molecule has 1 aromatic rings. The molecule has 0 aromatic heterocycles. The van der Waals surface area contributed by atoms with Crippen LogP contribution in [0.3, 0.4) is 0 Å². The Morgan fingerprint density at radius 1 is 1.42 bits per heavy atom. The van der Waals surface area contributed by atoms with Gasteiger partial charge in [-0.1, -0.05) is 13.0 Å². The van der Waals surface area contributed by atoms with E-state index in [4.69, 9.17) is 4.74 Å². The van der Waals surface area contributed by atoms with Gasteiger partial charge in [0.25, 0.3) is 0 Å². The average molecular weight is 164 g/mol. The first-order chi connectivity index (χ1) is 5.86. The normalized spacial score (nSPS) is 9.50. The predicted molar refractivity (Wildman–Crippen MR) is 49.9 cm³/mol. The number of hydrogen-bond acceptors (Lipinski definition) is 1. The van der Waals surface area contributed by atoms with Crippen molar-refractivity contribution in [1.82, 2.24) is 5.32 Å². The molecule has 65 valence electrons. The molecular weight excluding hydrogens is 150 g/mol. The van der Waals surface area contributed by atoms with Gasteiger partial charge in [0.05, 0.1) is 12.8 Å². The molecule has 0 N–H and O–H groups in total. The third kappa shape index (κ3) is 2.46. The van der Waals surface area contributed by atoms with Crippen LogP contribution in [0.1, 0.15) is 13.3 Å². The molecule has 0 aliphatic heterocycles. The third-order valence-corrected chi connectivity index (χ3v) is 1.57. The summed E-state index contributed by atoms with van der Waals surface area (Å²) in [5.41, 5.74) is 0.996. The lowest BCUT2D eigenvalue weighted by Gasteiger charge is -2.03. The van der Waals surface area contributed by atoms with E-state index in [-0.39, 0.29) is 0 Å². The summed E-state index contributed by atoms with van der Waals surface area (Å²) in [5.74, 6) is 0.868. The minimum absolute atomic E-state index is 0.868. The van der Waals surface area contributed by atoms with Crippen molar-refractivity contribution >= 4 is 5.69 Å². The standard InChI is InChI=1S/C10H14NO/c1-3-7-11-9-5-4-6-10(8-9)12-2/h4-6,8H,3,7H2,1-2H3. The van der Waals surface area contributed by atoms with Crippen LogP contribution in [0.5, 0.6) is 5.75 Å². The maximum Gasteiger partial charge on any atom is 0.120 e. The minimum atomic E-state index is 0.868. The highest BCUT2D eigenvalue weighted by molar-refractivity contribution is 5.42. The van der Waals surface area contributed by atoms with Gasteiger partial charge in [0.1, 0.15) is 5.75 Å². The molecule has 2 heteroatoms. The van der Waals surface area contributed by atoms with Crippen LogP contribution in [0.4, 0.5) is 5.69 Å². The van der Waals surface area contributed by atoms with Crippen LogP contribution in [0.25, 0.3) is 0 Å². The lowest BCUT2D eigenvalue weighted by molar-refractivity contribution is 0.414. The molecular formula is C10H14NO. The Hall–Kier alpha value is -1.18. The van der Waals surface area contributed by atoms with Crippen molar-refractivity contribution in [1.29, 1.82) is 0 Å². The Balaban J connectivity index is 2.60. The Labute approximate surface area is 73.6 Å². The van der Waals surface area contributed by atoms with E-state index < -0.39 is 0 Å². The smallest absolute Gasteiger partial charge is 0.120 e. The van der Waals surface area contributed by atoms with Gasteiger partial charge in [-0.05, 0) is 18.6 Å². The molecule has 2 nitrogen and oxygen atoms in total. The number of nitrogens with zero attached hydrogens (tertiary/aromatic N) is 1. The fourth-order valence-corrected chi connectivity index (χ4v) is 0.950. The van der Waals surface area contributed by atoms with E-state index >= 15 is 0 Å². The van der Waals surface area contributed by atoms with Crippen molar-refractivity contribution in [2.45, 2.75) is 13.3 Å². The first-order valence-electron chi connectivity index (χ1n) is 4.18. The van der Waals surface area contributed by atoms with Crippen LogP contribution in [-0.4, -0.2) is 13.7 Å². The molecule has 0 unspecified atom stereocenters. The molecule has 0 spiro atoms. The van der Waals surface area contributed by atoms with Crippen molar-refractivity contribution in [3.63, 3.8) is 0 Å². The number of ether oxygens (including phenoxy) is 1. The van der Waals surface area contributed by atoms with Crippen molar-refractivity contribution in [2.75, 3.05) is 13.7 Å². The molecule has 0 amide bonds. The van der Waals surface area contributed by atoms with Crippen LogP contribution < -0.4 is 10.1 Å². The summed E-state index contributed by atoms with van der Waals surface area (Å²) in [6, 6.07) is 7.80. The molecule has 1 rings (SSSR count). The van der Waals surface area contributed by atoms with Crippen LogP contribution in [0.2, 0.25) is 0 Å². The van der Waals surface area contributed by atoms with Gasteiger partial charge in [-0.3, -0.25) is 5.32 Å². The van der Waals surface area contributed by atoms with E-state index in [2.05, 4.69) is 12.2 Å². The second kappa shape index (κ2) is 4.65. The second-order valence-electron chi connectivity index (χ2n) is 2.58. The van der Waals surface area contributed by atoms with E-state index in [0.717, 1.165) is 24.4 Å². The summed E-state index contributed by atoms with van der Waals surface area (Å²) in [6.07, 6.45) is 1.08. The summed E-state index contributed by atoms with van der Waals surface area (Å²) in [5, 5.41) is 4.35. The quantitative estimate of drug-likeness (QED) is 0.670. The molecule has 12 heavy (non-hydrogen) atoms. The fourth-order valence-electron chi connectivity index (χ4n) is 0.950.